The van der Waals surface area contributed by atoms with Crippen LogP contribution in [0.4, 0.5) is 0 Å². The average Bonchev–Trinajstić information content (AvgIpc) is 3.03. The number of hydrogen-bond donors (Lipinski definition) is 0. The summed E-state index contributed by atoms with van der Waals surface area (Å²) in [6.45, 7) is 6.27. The van der Waals surface area contributed by atoms with E-state index in [0.717, 1.165) is 42.3 Å². The van der Waals surface area contributed by atoms with E-state index in [0.29, 0.717) is 0 Å². The number of thiocarbonyl (C=S) groups is 1. The number of morpholine rings is 1. The molecule has 4 rings (SSSR count). The van der Waals surface area contributed by atoms with Gasteiger partial charge in [0.1, 0.15) is 4.99 Å². The van der Waals surface area contributed by atoms with Gasteiger partial charge in [-0.25, -0.2) is 0 Å². The summed E-state index contributed by atoms with van der Waals surface area (Å²) in [5, 5.41) is 1.23. The topological polar surface area (TPSA) is 17.4 Å². The summed E-state index contributed by atoms with van der Waals surface area (Å²) in [7, 11) is 0. The fourth-order valence-electron chi connectivity index (χ4n) is 3.68. The molecule has 1 fully saturated rings. The highest BCUT2D eigenvalue weighted by Gasteiger charge is 2.24. The molecule has 0 spiro atoms. The first-order valence-electron chi connectivity index (χ1n) is 8.95. The van der Waals surface area contributed by atoms with E-state index in [9.17, 15) is 0 Å². The number of halogens is 1. The van der Waals surface area contributed by atoms with Gasteiger partial charge in [0.25, 0.3) is 0 Å². The van der Waals surface area contributed by atoms with E-state index in [4.69, 9.17) is 17.0 Å². The third-order valence-electron chi connectivity index (χ3n) is 4.92. The third-order valence-corrected chi connectivity index (χ3v) is 5.91. The van der Waals surface area contributed by atoms with Crippen molar-refractivity contribution in [2.75, 3.05) is 26.3 Å². The fraction of sp³-hybridized carbons (Fsp3) is 0.286. The van der Waals surface area contributed by atoms with E-state index in [2.05, 4.69) is 80.9 Å². The quantitative estimate of drug-likeness (QED) is 0.540. The molecule has 1 aromatic heterocycles. The van der Waals surface area contributed by atoms with Crippen LogP contribution in [0, 0.1) is 0 Å². The first-order valence-corrected chi connectivity index (χ1v) is 10.1. The van der Waals surface area contributed by atoms with Crippen LogP contribution in [0.2, 0.25) is 0 Å². The van der Waals surface area contributed by atoms with Crippen molar-refractivity contribution in [1.29, 1.82) is 0 Å². The Kier molecular flexibility index (Phi) is 5.11. The SMILES string of the molecule is CCn1c(-c2ccc(Br)cc2)c(C(=S)N2CCOCC2)c2ccccc21. The molecule has 0 unspecified atom stereocenters. The van der Waals surface area contributed by atoms with Crippen LogP contribution >= 0.6 is 28.1 Å². The number of benzene rings is 2. The van der Waals surface area contributed by atoms with Crippen LogP contribution in [0.25, 0.3) is 22.2 Å². The van der Waals surface area contributed by atoms with Crippen LogP contribution in [-0.2, 0) is 11.3 Å². The lowest BCUT2D eigenvalue weighted by atomic mass is 10.0. The van der Waals surface area contributed by atoms with Crippen LogP contribution in [0.15, 0.2) is 53.0 Å². The number of fused-ring (bicyclic) bond motifs is 1. The number of hydrogen-bond acceptors (Lipinski definition) is 2. The molecule has 0 N–H and O–H groups in total. The van der Waals surface area contributed by atoms with Crippen molar-refractivity contribution >= 4 is 44.0 Å². The Bertz CT molecular complexity index is 943. The molecule has 3 nitrogen and oxygen atoms in total. The maximum absolute atomic E-state index is 5.99. The number of nitrogens with zero attached hydrogens (tertiary/aromatic N) is 2. The molecule has 1 aliphatic heterocycles. The lowest BCUT2D eigenvalue weighted by Crippen LogP contribution is -2.40. The molecule has 5 heteroatoms. The minimum absolute atomic E-state index is 0.736. The van der Waals surface area contributed by atoms with Crippen molar-refractivity contribution in [3.63, 3.8) is 0 Å². The zero-order chi connectivity index (χ0) is 18.1. The van der Waals surface area contributed by atoms with Gasteiger partial charge in [-0.1, -0.05) is 58.5 Å². The molecule has 0 bridgehead atoms. The minimum Gasteiger partial charge on any atom is -0.378 e. The monoisotopic (exact) mass is 428 g/mol. The van der Waals surface area contributed by atoms with E-state index in [1.165, 1.54) is 27.7 Å². The van der Waals surface area contributed by atoms with Gasteiger partial charge in [-0.2, -0.15) is 0 Å². The highest BCUT2D eigenvalue weighted by atomic mass is 79.9. The van der Waals surface area contributed by atoms with Crippen molar-refractivity contribution in [2.24, 2.45) is 0 Å². The molecule has 0 saturated carbocycles. The normalized spacial score (nSPS) is 14.8. The van der Waals surface area contributed by atoms with Gasteiger partial charge in [-0.3, -0.25) is 0 Å². The largest absolute Gasteiger partial charge is 0.378 e. The Hall–Kier alpha value is -1.69. The van der Waals surface area contributed by atoms with Crippen molar-refractivity contribution < 1.29 is 4.74 Å². The minimum atomic E-state index is 0.736. The van der Waals surface area contributed by atoms with Crippen molar-refractivity contribution in [3.8, 4) is 11.3 Å². The second kappa shape index (κ2) is 7.51. The number of aromatic nitrogens is 1. The molecule has 2 aromatic carbocycles. The summed E-state index contributed by atoms with van der Waals surface area (Å²) in [5.74, 6) is 0. The third kappa shape index (κ3) is 3.08. The van der Waals surface area contributed by atoms with Gasteiger partial charge < -0.3 is 14.2 Å². The van der Waals surface area contributed by atoms with Crippen molar-refractivity contribution in [2.45, 2.75) is 13.5 Å². The Balaban J connectivity index is 1.96. The first kappa shape index (κ1) is 17.7. The summed E-state index contributed by atoms with van der Waals surface area (Å²) in [4.78, 5) is 3.21. The molecular weight excluding hydrogens is 408 g/mol. The Labute approximate surface area is 167 Å². The van der Waals surface area contributed by atoms with E-state index >= 15 is 0 Å². The molecule has 3 aromatic rings. The van der Waals surface area contributed by atoms with E-state index in [1.54, 1.807) is 0 Å². The zero-order valence-corrected chi connectivity index (χ0v) is 17.1. The molecular formula is C21H21BrN2OS. The highest BCUT2D eigenvalue weighted by Crippen LogP contribution is 2.35. The maximum Gasteiger partial charge on any atom is 0.112 e. The zero-order valence-electron chi connectivity index (χ0n) is 14.7. The Morgan fingerprint density at radius 1 is 1.08 bits per heavy atom. The number of aryl methyl sites for hydroxylation is 1. The second-order valence-corrected chi connectivity index (χ2v) is 7.70. The summed E-state index contributed by atoms with van der Waals surface area (Å²) < 4.78 is 8.97. The van der Waals surface area contributed by atoms with Crippen LogP contribution in [-0.4, -0.2) is 40.8 Å². The molecule has 26 heavy (non-hydrogen) atoms. The van der Waals surface area contributed by atoms with Crippen LogP contribution in [0.1, 0.15) is 12.5 Å². The molecule has 0 aliphatic carbocycles. The van der Waals surface area contributed by atoms with Gasteiger partial charge in [-0.15, -0.1) is 0 Å². The molecule has 1 saturated heterocycles. The van der Waals surface area contributed by atoms with Gasteiger partial charge in [0.15, 0.2) is 0 Å². The molecule has 134 valence electrons. The Morgan fingerprint density at radius 3 is 2.46 bits per heavy atom. The van der Waals surface area contributed by atoms with Crippen LogP contribution < -0.4 is 0 Å². The fourth-order valence-corrected chi connectivity index (χ4v) is 4.33. The number of rotatable bonds is 3. The van der Waals surface area contributed by atoms with E-state index < -0.39 is 0 Å². The molecule has 0 atom stereocenters. The maximum atomic E-state index is 5.99. The summed E-state index contributed by atoms with van der Waals surface area (Å²) in [6, 6.07) is 17.1. The smallest absolute Gasteiger partial charge is 0.112 e. The Morgan fingerprint density at radius 2 is 1.77 bits per heavy atom. The van der Waals surface area contributed by atoms with E-state index in [1.807, 2.05) is 0 Å². The van der Waals surface area contributed by atoms with Gasteiger partial charge in [0.05, 0.1) is 18.9 Å². The predicted molar refractivity (Wildman–Crippen MR) is 115 cm³/mol. The van der Waals surface area contributed by atoms with Crippen molar-refractivity contribution in [3.05, 3.63) is 58.6 Å². The number of ether oxygens (including phenoxy) is 1. The van der Waals surface area contributed by atoms with E-state index in [-0.39, 0.29) is 0 Å². The molecule has 0 radical (unpaired) electrons. The lowest BCUT2D eigenvalue weighted by Gasteiger charge is -2.29. The number of para-hydroxylation sites is 1. The standard InChI is InChI=1S/C21H21BrN2OS/c1-2-24-18-6-4-3-5-17(18)19(21(26)23-11-13-25-14-12-23)20(24)15-7-9-16(22)10-8-15/h3-10H,2,11-14H2,1H3. The van der Waals surface area contributed by atoms with Gasteiger partial charge >= 0.3 is 0 Å². The molecule has 2 heterocycles. The first-order chi connectivity index (χ1) is 12.7. The summed E-state index contributed by atoms with van der Waals surface area (Å²) in [5.41, 5.74) is 4.80. The predicted octanol–water partition coefficient (Wildman–Crippen LogP) is 5.10. The van der Waals surface area contributed by atoms with Gasteiger partial charge in [0, 0.05) is 40.6 Å². The second-order valence-electron chi connectivity index (χ2n) is 6.40. The molecule has 1 aliphatic rings. The van der Waals surface area contributed by atoms with Gasteiger partial charge in [0.2, 0.25) is 0 Å². The van der Waals surface area contributed by atoms with Crippen LogP contribution in [0.5, 0.6) is 0 Å². The average molecular weight is 429 g/mol. The van der Waals surface area contributed by atoms with Gasteiger partial charge in [-0.05, 0) is 30.7 Å². The summed E-state index contributed by atoms with van der Waals surface area (Å²) >= 11 is 9.53. The highest BCUT2D eigenvalue weighted by molar-refractivity contribution is 9.10. The molecule has 0 amide bonds. The van der Waals surface area contributed by atoms with Crippen molar-refractivity contribution in [1.82, 2.24) is 9.47 Å². The lowest BCUT2D eigenvalue weighted by molar-refractivity contribution is 0.0693. The summed E-state index contributed by atoms with van der Waals surface area (Å²) in [6.07, 6.45) is 0. The van der Waals surface area contributed by atoms with Crippen LogP contribution in [0.3, 0.4) is 0 Å².